The maximum atomic E-state index is 4.52. The Morgan fingerprint density at radius 2 is 1.81 bits per heavy atom. The molecule has 0 aliphatic carbocycles. The van der Waals surface area contributed by atoms with Crippen LogP contribution in [0.5, 0.6) is 0 Å². The minimum Gasteiger partial charge on any atom is -0.370 e. The molecule has 1 aromatic heterocycles. The van der Waals surface area contributed by atoms with Gasteiger partial charge in [0.1, 0.15) is 18.0 Å². The number of hydrogen-bond acceptors (Lipinski definition) is 5. The highest BCUT2D eigenvalue weighted by molar-refractivity contribution is 5.58. The summed E-state index contributed by atoms with van der Waals surface area (Å²) in [4.78, 5) is 13.4. The lowest BCUT2D eigenvalue weighted by molar-refractivity contribution is 0.401. The molecular formula is C16H31N5. The van der Waals surface area contributed by atoms with Crippen LogP contribution in [-0.2, 0) is 6.42 Å². The van der Waals surface area contributed by atoms with E-state index < -0.39 is 0 Å². The summed E-state index contributed by atoms with van der Waals surface area (Å²) in [6.07, 6.45) is 6.03. The maximum absolute atomic E-state index is 4.52. The van der Waals surface area contributed by atoms with Crippen LogP contribution < -0.4 is 10.2 Å². The fourth-order valence-electron chi connectivity index (χ4n) is 2.34. The molecule has 0 atom stereocenters. The Hall–Kier alpha value is -1.36. The van der Waals surface area contributed by atoms with E-state index in [1.54, 1.807) is 6.33 Å². The lowest BCUT2D eigenvalue weighted by Gasteiger charge is -2.23. The van der Waals surface area contributed by atoms with Crippen LogP contribution in [0.2, 0.25) is 0 Å². The van der Waals surface area contributed by atoms with Crippen LogP contribution in [0.1, 0.15) is 38.7 Å². The molecule has 0 unspecified atom stereocenters. The van der Waals surface area contributed by atoms with Gasteiger partial charge in [0.25, 0.3) is 0 Å². The Balaban J connectivity index is 2.82. The van der Waals surface area contributed by atoms with Gasteiger partial charge in [0.15, 0.2) is 0 Å². The first kappa shape index (κ1) is 17.7. The molecule has 0 bridgehead atoms. The fourth-order valence-corrected chi connectivity index (χ4v) is 2.34. The molecule has 120 valence electrons. The summed E-state index contributed by atoms with van der Waals surface area (Å²) in [6, 6.07) is 0. The van der Waals surface area contributed by atoms with Gasteiger partial charge in [0.2, 0.25) is 0 Å². The number of hydrogen-bond donors (Lipinski definition) is 1. The van der Waals surface area contributed by atoms with Gasteiger partial charge in [-0.2, -0.15) is 0 Å². The Labute approximate surface area is 129 Å². The van der Waals surface area contributed by atoms with E-state index in [1.807, 2.05) is 0 Å². The first-order valence-corrected chi connectivity index (χ1v) is 8.03. The Bertz CT molecular complexity index is 406. The molecular weight excluding hydrogens is 262 g/mol. The molecule has 5 heteroatoms. The van der Waals surface area contributed by atoms with Crippen LogP contribution in [0.4, 0.5) is 11.6 Å². The topological polar surface area (TPSA) is 44.3 Å². The highest BCUT2D eigenvalue weighted by atomic mass is 15.2. The van der Waals surface area contributed by atoms with Gasteiger partial charge in [-0.25, -0.2) is 9.97 Å². The molecule has 0 aliphatic rings. The quantitative estimate of drug-likeness (QED) is 0.718. The smallest absolute Gasteiger partial charge is 0.137 e. The SMILES string of the molecule is CCCNc1ncnc(N(C)CCCN(C)C)c1CCC. The molecule has 5 nitrogen and oxygen atoms in total. The normalized spacial score (nSPS) is 11.0. The van der Waals surface area contributed by atoms with Gasteiger partial charge in [0.05, 0.1) is 0 Å². The summed E-state index contributed by atoms with van der Waals surface area (Å²) in [5.74, 6) is 2.08. The lowest BCUT2D eigenvalue weighted by Crippen LogP contribution is -2.25. The van der Waals surface area contributed by atoms with Crippen LogP contribution in [0.15, 0.2) is 6.33 Å². The van der Waals surface area contributed by atoms with Crippen molar-refractivity contribution < 1.29 is 0 Å². The zero-order chi connectivity index (χ0) is 15.7. The van der Waals surface area contributed by atoms with Crippen LogP contribution >= 0.6 is 0 Å². The number of anilines is 2. The molecule has 0 aromatic carbocycles. The summed E-state index contributed by atoms with van der Waals surface area (Å²) in [5.41, 5.74) is 1.25. The van der Waals surface area contributed by atoms with Crippen molar-refractivity contribution in [2.45, 2.75) is 39.5 Å². The molecule has 21 heavy (non-hydrogen) atoms. The standard InChI is InChI=1S/C16H31N5/c1-6-9-14-15(17-10-7-2)18-13-19-16(14)21(5)12-8-11-20(3)4/h13H,6-12H2,1-5H3,(H,17,18,19). The Kier molecular flexibility index (Phi) is 8.05. The summed E-state index contributed by atoms with van der Waals surface area (Å²) >= 11 is 0. The summed E-state index contributed by atoms with van der Waals surface area (Å²) in [7, 11) is 6.35. The van der Waals surface area contributed by atoms with Crippen LogP contribution in [-0.4, -0.2) is 55.6 Å². The third kappa shape index (κ3) is 5.87. The van der Waals surface area contributed by atoms with Gasteiger partial charge >= 0.3 is 0 Å². The Morgan fingerprint density at radius 1 is 1.05 bits per heavy atom. The molecule has 0 saturated heterocycles. The van der Waals surface area contributed by atoms with E-state index in [1.165, 1.54) is 5.56 Å². The minimum absolute atomic E-state index is 0.956. The molecule has 1 rings (SSSR count). The predicted molar refractivity (Wildman–Crippen MR) is 91.2 cm³/mol. The van der Waals surface area contributed by atoms with E-state index in [2.05, 4.69) is 60.1 Å². The van der Waals surface area contributed by atoms with E-state index in [-0.39, 0.29) is 0 Å². The number of aromatic nitrogens is 2. The largest absolute Gasteiger partial charge is 0.370 e. The summed E-state index contributed by atoms with van der Waals surface area (Å²) < 4.78 is 0. The van der Waals surface area contributed by atoms with Gasteiger partial charge in [-0.3, -0.25) is 0 Å². The second-order valence-corrected chi connectivity index (χ2v) is 5.78. The molecule has 0 spiro atoms. The monoisotopic (exact) mass is 293 g/mol. The zero-order valence-electron chi connectivity index (χ0n) is 14.3. The molecule has 1 aromatic rings. The van der Waals surface area contributed by atoms with Crippen LogP contribution in [0.25, 0.3) is 0 Å². The average Bonchev–Trinajstić information content (AvgIpc) is 2.45. The molecule has 1 heterocycles. The van der Waals surface area contributed by atoms with Gasteiger partial charge in [0, 0.05) is 25.7 Å². The first-order valence-electron chi connectivity index (χ1n) is 8.03. The van der Waals surface area contributed by atoms with Crippen molar-refractivity contribution in [1.29, 1.82) is 0 Å². The van der Waals surface area contributed by atoms with Gasteiger partial charge in [-0.1, -0.05) is 20.3 Å². The second kappa shape index (κ2) is 9.55. The highest BCUT2D eigenvalue weighted by Gasteiger charge is 2.13. The van der Waals surface area contributed by atoms with E-state index in [9.17, 15) is 0 Å². The fraction of sp³-hybridized carbons (Fsp3) is 0.750. The van der Waals surface area contributed by atoms with Crippen molar-refractivity contribution in [2.24, 2.45) is 0 Å². The van der Waals surface area contributed by atoms with Crippen LogP contribution in [0.3, 0.4) is 0 Å². The summed E-state index contributed by atoms with van der Waals surface area (Å²) in [6.45, 7) is 7.44. The lowest BCUT2D eigenvalue weighted by atomic mass is 10.1. The minimum atomic E-state index is 0.956. The first-order chi connectivity index (χ1) is 10.1. The van der Waals surface area contributed by atoms with Crippen molar-refractivity contribution in [3.8, 4) is 0 Å². The van der Waals surface area contributed by atoms with Gasteiger partial charge in [-0.15, -0.1) is 0 Å². The molecule has 0 aliphatic heterocycles. The van der Waals surface area contributed by atoms with Crippen molar-refractivity contribution >= 4 is 11.6 Å². The third-order valence-corrected chi connectivity index (χ3v) is 3.43. The van der Waals surface area contributed by atoms with Crippen molar-refractivity contribution in [2.75, 3.05) is 51.0 Å². The third-order valence-electron chi connectivity index (χ3n) is 3.43. The van der Waals surface area contributed by atoms with Gasteiger partial charge < -0.3 is 15.1 Å². The molecule has 0 fully saturated rings. The van der Waals surface area contributed by atoms with E-state index in [4.69, 9.17) is 0 Å². The predicted octanol–water partition coefficient (Wildman–Crippen LogP) is 2.64. The second-order valence-electron chi connectivity index (χ2n) is 5.78. The van der Waals surface area contributed by atoms with Crippen molar-refractivity contribution in [3.63, 3.8) is 0 Å². The number of nitrogens with zero attached hydrogens (tertiary/aromatic N) is 4. The van der Waals surface area contributed by atoms with Crippen LogP contribution in [0, 0.1) is 0 Å². The highest BCUT2D eigenvalue weighted by Crippen LogP contribution is 2.24. The Morgan fingerprint density at radius 3 is 2.43 bits per heavy atom. The molecule has 0 saturated carbocycles. The number of nitrogens with one attached hydrogen (secondary N) is 1. The van der Waals surface area contributed by atoms with E-state index in [0.717, 1.165) is 57.0 Å². The molecule has 1 N–H and O–H groups in total. The van der Waals surface area contributed by atoms with Crippen molar-refractivity contribution in [3.05, 3.63) is 11.9 Å². The van der Waals surface area contributed by atoms with Gasteiger partial charge in [-0.05, 0) is 39.9 Å². The zero-order valence-corrected chi connectivity index (χ0v) is 14.3. The number of rotatable bonds is 10. The van der Waals surface area contributed by atoms with Crippen molar-refractivity contribution in [1.82, 2.24) is 14.9 Å². The molecule has 0 amide bonds. The maximum Gasteiger partial charge on any atom is 0.137 e. The molecule has 0 radical (unpaired) electrons. The van der Waals surface area contributed by atoms with E-state index in [0.29, 0.717) is 0 Å². The summed E-state index contributed by atoms with van der Waals surface area (Å²) in [5, 5.41) is 3.43. The average molecular weight is 293 g/mol. The van der Waals surface area contributed by atoms with E-state index >= 15 is 0 Å².